The highest BCUT2D eigenvalue weighted by atomic mass is 19.4. The van der Waals surface area contributed by atoms with Gasteiger partial charge in [0.05, 0.1) is 11.7 Å². The number of aryl methyl sites for hydroxylation is 1. The second-order valence-corrected chi connectivity index (χ2v) is 6.21. The molecule has 0 bridgehead atoms. The Morgan fingerprint density at radius 1 is 1.33 bits per heavy atom. The second-order valence-electron chi connectivity index (χ2n) is 6.21. The van der Waals surface area contributed by atoms with E-state index < -0.39 is 11.7 Å². The van der Waals surface area contributed by atoms with E-state index in [0.717, 1.165) is 12.1 Å². The number of aromatic nitrogens is 2. The van der Waals surface area contributed by atoms with Crippen molar-refractivity contribution in [2.24, 2.45) is 0 Å². The lowest BCUT2D eigenvalue weighted by Crippen LogP contribution is -2.25. The van der Waals surface area contributed by atoms with Gasteiger partial charge in [-0.15, -0.1) is 0 Å². The van der Waals surface area contributed by atoms with Gasteiger partial charge >= 0.3 is 6.18 Å². The van der Waals surface area contributed by atoms with Gasteiger partial charge in [-0.1, -0.05) is 17.3 Å². The summed E-state index contributed by atoms with van der Waals surface area (Å²) >= 11 is 0. The monoisotopic (exact) mass is 385 g/mol. The SMILES string of the molecule is CC(C)OCCCNC(=O)CCc1nc(-c2cccc(C(F)(F)F)c2)no1. The normalized spacial score (nSPS) is 11.8. The number of nitrogens with zero attached hydrogens (tertiary/aromatic N) is 2. The van der Waals surface area contributed by atoms with Crippen LogP contribution >= 0.6 is 0 Å². The number of nitrogens with one attached hydrogen (secondary N) is 1. The van der Waals surface area contributed by atoms with Crippen LogP contribution in [-0.4, -0.2) is 35.3 Å². The van der Waals surface area contributed by atoms with Crippen LogP contribution in [0.4, 0.5) is 13.2 Å². The summed E-state index contributed by atoms with van der Waals surface area (Å²) in [5.41, 5.74) is -0.582. The van der Waals surface area contributed by atoms with Gasteiger partial charge in [0.15, 0.2) is 0 Å². The van der Waals surface area contributed by atoms with Gasteiger partial charge in [-0.2, -0.15) is 18.2 Å². The van der Waals surface area contributed by atoms with E-state index in [-0.39, 0.29) is 42.1 Å². The van der Waals surface area contributed by atoms with Gasteiger partial charge in [0.25, 0.3) is 0 Å². The van der Waals surface area contributed by atoms with E-state index in [9.17, 15) is 18.0 Å². The quantitative estimate of drug-likeness (QED) is 0.667. The molecule has 0 aliphatic heterocycles. The first kappa shape index (κ1) is 20.9. The number of amides is 1. The smallest absolute Gasteiger partial charge is 0.379 e. The summed E-state index contributed by atoms with van der Waals surface area (Å²) in [6, 6.07) is 4.68. The zero-order chi connectivity index (χ0) is 19.9. The molecule has 2 aromatic rings. The second kappa shape index (κ2) is 9.50. The van der Waals surface area contributed by atoms with Crippen molar-refractivity contribution in [2.75, 3.05) is 13.2 Å². The first-order chi connectivity index (χ1) is 12.8. The minimum atomic E-state index is -4.44. The van der Waals surface area contributed by atoms with Crippen molar-refractivity contribution in [3.63, 3.8) is 0 Å². The van der Waals surface area contributed by atoms with Gasteiger partial charge in [-0.3, -0.25) is 4.79 Å². The predicted molar refractivity (Wildman–Crippen MR) is 91.8 cm³/mol. The van der Waals surface area contributed by atoms with Gasteiger partial charge in [-0.25, -0.2) is 0 Å². The predicted octanol–water partition coefficient (Wildman–Crippen LogP) is 3.62. The summed E-state index contributed by atoms with van der Waals surface area (Å²) < 4.78 is 48.7. The molecule has 1 amide bonds. The zero-order valence-corrected chi connectivity index (χ0v) is 15.2. The van der Waals surface area contributed by atoms with Crippen molar-refractivity contribution in [1.82, 2.24) is 15.5 Å². The van der Waals surface area contributed by atoms with Crippen molar-refractivity contribution >= 4 is 5.91 Å². The summed E-state index contributed by atoms with van der Waals surface area (Å²) in [6.45, 7) is 4.96. The van der Waals surface area contributed by atoms with Crippen molar-refractivity contribution in [2.45, 2.75) is 45.4 Å². The van der Waals surface area contributed by atoms with Crippen LogP contribution in [0.1, 0.15) is 38.1 Å². The number of halogens is 3. The number of carbonyl (C=O) groups is 1. The summed E-state index contributed by atoms with van der Waals surface area (Å²) in [4.78, 5) is 15.8. The maximum Gasteiger partial charge on any atom is 0.416 e. The molecule has 1 heterocycles. The van der Waals surface area contributed by atoms with Crippen LogP contribution in [0.25, 0.3) is 11.4 Å². The molecule has 1 N–H and O–H groups in total. The highest BCUT2D eigenvalue weighted by Gasteiger charge is 2.30. The average molecular weight is 385 g/mol. The number of hydrogen-bond acceptors (Lipinski definition) is 5. The number of hydrogen-bond donors (Lipinski definition) is 1. The highest BCUT2D eigenvalue weighted by molar-refractivity contribution is 5.75. The molecule has 9 heteroatoms. The lowest BCUT2D eigenvalue weighted by atomic mass is 10.1. The lowest BCUT2D eigenvalue weighted by Gasteiger charge is -2.07. The Hall–Kier alpha value is -2.42. The average Bonchev–Trinajstić information content (AvgIpc) is 3.08. The number of alkyl halides is 3. The Morgan fingerprint density at radius 2 is 2.11 bits per heavy atom. The Kier molecular flexibility index (Phi) is 7.35. The largest absolute Gasteiger partial charge is 0.416 e. The molecule has 0 saturated carbocycles. The minimum absolute atomic E-state index is 0.0577. The van der Waals surface area contributed by atoms with E-state index in [2.05, 4.69) is 15.5 Å². The third kappa shape index (κ3) is 7.01. The number of carbonyl (C=O) groups excluding carboxylic acids is 1. The Balaban J connectivity index is 1.82. The third-order valence-corrected chi connectivity index (χ3v) is 3.58. The van der Waals surface area contributed by atoms with Crippen LogP contribution < -0.4 is 5.32 Å². The molecule has 1 aromatic heterocycles. The van der Waals surface area contributed by atoms with Gasteiger partial charge < -0.3 is 14.6 Å². The summed E-state index contributed by atoms with van der Waals surface area (Å²) in [5.74, 6) is 0.0846. The van der Waals surface area contributed by atoms with E-state index in [1.807, 2.05) is 13.8 Å². The molecule has 0 saturated heterocycles. The molecule has 6 nitrogen and oxygen atoms in total. The number of ether oxygens (including phenoxy) is 1. The highest BCUT2D eigenvalue weighted by Crippen LogP contribution is 2.31. The molecule has 0 radical (unpaired) electrons. The van der Waals surface area contributed by atoms with Gasteiger partial charge in [-0.05, 0) is 32.4 Å². The molecule has 0 spiro atoms. The van der Waals surface area contributed by atoms with E-state index in [1.54, 1.807) is 0 Å². The van der Waals surface area contributed by atoms with E-state index in [4.69, 9.17) is 9.26 Å². The zero-order valence-electron chi connectivity index (χ0n) is 15.2. The molecule has 0 unspecified atom stereocenters. The molecule has 0 fully saturated rings. The van der Waals surface area contributed by atoms with Gasteiger partial charge in [0, 0.05) is 31.6 Å². The fourth-order valence-electron chi connectivity index (χ4n) is 2.24. The summed E-state index contributed by atoms with van der Waals surface area (Å²) in [7, 11) is 0. The van der Waals surface area contributed by atoms with Crippen LogP contribution in [0.3, 0.4) is 0 Å². The third-order valence-electron chi connectivity index (χ3n) is 3.58. The molecule has 0 aliphatic carbocycles. The molecule has 27 heavy (non-hydrogen) atoms. The van der Waals surface area contributed by atoms with Gasteiger partial charge in [0.2, 0.25) is 17.6 Å². The van der Waals surface area contributed by atoms with Crippen LogP contribution in [0.15, 0.2) is 28.8 Å². The van der Waals surface area contributed by atoms with Crippen LogP contribution in [0.2, 0.25) is 0 Å². The molecular weight excluding hydrogens is 363 g/mol. The summed E-state index contributed by atoms with van der Waals surface area (Å²) in [6.07, 6.45) is -3.22. The first-order valence-corrected chi connectivity index (χ1v) is 8.64. The molecule has 2 rings (SSSR count). The van der Waals surface area contributed by atoms with E-state index in [1.165, 1.54) is 12.1 Å². The van der Waals surface area contributed by atoms with E-state index >= 15 is 0 Å². The van der Waals surface area contributed by atoms with Crippen molar-refractivity contribution in [3.8, 4) is 11.4 Å². The van der Waals surface area contributed by atoms with Gasteiger partial charge in [0.1, 0.15) is 0 Å². The maximum atomic E-state index is 12.8. The van der Waals surface area contributed by atoms with E-state index in [0.29, 0.717) is 19.6 Å². The number of rotatable bonds is 9. The van der Waals surface area contributed by atoms with Crippen LogP contribution in [0.5, 0.6) is 0 Å². The van der Waals surface area contributed by atoms with Crippen molar-refractivity contribution in [3.05, 3.63) is 35.7 Å². The molecule has 0 atom stereocenters. The summed E-state index contributed by atoms with van der Waals surface area (Å²) in [5, 5.41) is 6.44. The molecular formula is C18H22F3N3O3. The number of benzene rings is 1. The lowest BCUT2D eigenvalue weighted by molar-refractivity contribution is -0.137. The fraction of sp³-hybridized carbons (Fsp3) is 0.500. The molecule has 1 aromatic carbocycles. The van der Waals surface area contributed by atoms with Crippen molar-refractivity contribution < 1.29 is 27.2 Å². The standard InChI is InChI=1S/C18H22F3N3O3/c1-12(2)26-10-4-9-22-15(25)7-8-16-23-17(24-27-16)13-5-3-6-14(11-13)18(19,20)21/h3,5-6,11-12H,4,7-10H2,1-2H3,(H,22,25). The van der Waals surface area contributed by atoms with Crippen molar-refractivity contribution in [1.29, 1.82) is 0 Å². The Labute approximate surface area is 155 Å². The minimum Gasteiger partial charge on any atom is -0.379 e. The topological polar surface area (TPSA) is 77.2 Å². The maximum absolute atomic E-state index is 12.8. The fourth-order valence-corrected chi connectivity index (χ4v) is 2.24. The molecule has 148 valence electrons. The van der Waals surface area contributed by atoms with Crippen LogP contribution in [0, 0.1) is 0 Å². The Morgan fingerprint density at radius 3 is 2.81 bits per heavy atom. The molecule has 0 aliphatic rings. The van der Waals surface area contributed by atoms with Crippen LogP contribution in [-0.2, 0) is 22.1 Å². The first-order valence-electron chi connectivity index (χ1n) is 8.64. The Bertz CT molecular complexity index is 745.